The molecular formula is C18H17FN2. The number of rotatable bonds is 1. The van der Waals surface area contributed by atoms with E-state index in [-0.39, 0.29) is 11.9 Å². The molecule has 21 heavy (non-hydrogen) atoms. The van der Waals surface area contributed by atoms with Gasteiger partial charge in [-0.05, 0) is 48.2 Å². The third-order valence-corrected chi connectivity index (χ3v) is 4.41. The van der Waals surface area contributed by atoms with E-state index in [0.29, 0.717) is 0 Å². The molecule has 1 aliphatic rings. The van der Waals surface area contributed by atoms with Gasteiger partial charge in [0.2, 0.25) is 0 Å². The molecule has 1 aromatic heterocycles. The SMILES string of the molecule is Cc1ccccc1C1NCCc2c1[nH]c1ccc(F)cc21. The standard InChI is InChI=1S/C18H17FN2/c1-11-4-2-3-5-13(11)17-18-14(8-9-20-17)15-10-12(19)6-7-16(15)21-18/h2-7,10,17,20-21H,8-9H2,1H3. The Labute approximate surface area is 123 Å². The van der Waals surface area contributed by atoms with Crippen LogP contribution in [0.4, 0.5) is 4.39 Å². The summed E-state index contributed by atoms with van der Waals surface area (Å²) in [6.07, 6.45) is 0.932. The molecule has 0 spiro atoms. The molecular weight excluding hydrogens is 263 g/mol. The summed E-state index contributed by atoms with van der Waals surface area (Å²) in [5.74, 6) is -0.171. The molecule has 2 aromatic carbocycles. The van der Waals surface area contributed by atoms with E-state index in [1.165, 1.54) is 28.5 Å². The molecule has 0 amide bonds. The van der Waals surface area contributed by atoms with Gasteiger partial charge in [0.1, 0.15) is 5.82 Å². The molecule has 0 aliphatic carbocycles. The van der Waals surface area contributed by atoms with E-state index < -0.39 is 0 Å². The summed E-state index contributed by atoms with van der Waals surface area (Å²) in [5, 5.41) is 4.60. The fourth-order valence-corrected chi connectivity index (χ4v) is 3.38. The maximum absolute atomic E-state index is 13.5. The lowest BCUT2D eigenvalue weighted by Gasteiger charge is -2.26. The minimum atomic E-state index is -0.171. The van der Waals surface area contributed by atoms with Crippen molar-refractivity contribution < 1.29 is 4.39 Å². The Bertz CT molecular complexity index is 819. The number of nitrogens with one attached hydrogen (secondary N) is 2. The third kappa shape index (κ3) is 1.96. The highest BCUT2D eigenvalue weighted by molar-refractivity contribution is 5.85. The first-order valence-corrected chi connectivity index (χ1v) is 7.33. The molecule has 2 N–H and O–H groups in total. The lowest BCUT2D eigenvalue weighted by Crippen LogP contribution is -2.30. The van der Waals surface area contributed by atoms with E-state index in [9.17, 15) is 4.39 Å². The fourth-order valence-electron chi connectivity index (χ4n) is 3.38. The van der Waals surface area contributed by atoms with Gasteiger partial charge in [-0.25, -0.2) is 4.39 Å². The van der Waals surface area contributed by atoms with Crippen molar-refractivity contribution in [3.05, 3.63) is 70.7 Å². The zero-order chi connectivity index (χ0) is 14.4. The molecule has 1 aliphatic heterocycles. The first-order chi connectivity index (χ1) is 10.2. The molecule has 2 heterocycles. The Morgan fingerprint density at radius 1 is 1.14 bits per heavy atom. The second kappa shape index (κ2) is 4.71. The van der Waals surface area contributed by atoms with Crippen LogP contribution in [0, 0.1) is 12.7 Å². The predicted molar refractivity (Wildman–Crippen MR) is 83.0 cm³/mol. The van der Waals surface area contributed by atoms with Gasteiger partial charge in [-0.2, -0.15) is 0 Å². The van der Waals surface area contributed by atoms with Crippen LogP contribution < -0.4 is 5.32 Å². The smallest absolute Gasteiger partial charge is 0.123 e. The first-order valence-electron chi connectivity index (χ1n) is 7.33. The van der Waals surface area contributed by atoms with Crippen molar-refractivity contribution in [3.63, 3.8) is 0 Å². The highest BCUT2D eigenvalue weighted by Gasteiger charge is 2.26. The molecule has 0 saturated carbocycles. The Kier molecular flexibility index (Phi) is 2.82. The van der Waals surface area contributed by atoms with Crippen molar-refractivity contribution in [1.29, 1.82) is 0 Å². The fraction of sp³-hybridized carbons (Fsp3) is 0.222. The van der Waals surface area contributed by atoms with Gasteiger partial charge in [0.15, 0.2) is 0 Å². The number of aryl methyl sites for hydroxylation is 1. The lowest BCUT2D eigenvalue weighted by molar-refractivity contribution is 0.558. The van der Waals surface area contributed by atoms with Gasteiger partial charge in [-0.1, -0.05) is 24.3 Å². The Hall–Kier alpha value is -2.13. The number of hydrogen-bond acceptors (Lipinski definition) is 1. The quantitative estimate of drug-likeness (QED) is 0.696. The number of fused-ring (bicyclic) bond motifs is 3. The van der Waals surface area contributed by atoms with Crippen LogP contribution in [0.5, 0.6) is 0 Å². The van der Waals surface area contributed by atoms with Gasteiger partial charge in [0.05, 0.1) is 6.04 Å². The summed E-state index contributed by atoms with van der Waals surface area (Å²) in [4.78, 5) is 3.49. The average molecular weight is 280 g/mol. The van der Waals surface area contributed by atoms with E-state index in [1.807, 2.05) is 6.07 Å². The number of benzene rings is 2. The second-order valence-electron chi connectivity index (χ2n) is 5.70. The van der Waals surface area contributed by atoms with Crippen molar-refractivity contribution in [3.8, 4) is 0 Å². The van der Waals surface area contributed by atoms with Crippen molar-refractivity contribution in [2.75, 3.05) is 6.54 Å². The lowest BCUT2D eigenvalue weighted by atomic mass is 9.92. The van der Waals surface area contributed by atoms with Crippen LogP contribution in [0.1, 0.15) is 28.4 Å². The molecule has 0 saturated heterocycles. The van der Waals surface area contributed by atoms with Crippen LogP contribution in [-0.2, 0) is 6.42 Å². The topological polar surface area (TPSA) is 27.8 Å². The maximum atomic E-state index is 13.5. The van der Waals surface area contributed by atoms with E-state index >= 15 is 0 Å². The zero-order valence-corrected chi connectivity index (χ0v) is 11.9. The number of aromatic amines is 1. The first kappa shape index (κ1) is 12.6. The summed E-state index contributed by atoms with van der Waals surface area (Å²) in [6, 6.07) is 13.6. The predicted octanol–water partition coefficient (Wildman–Crippen LogP) is 3.85. The van der Waals surface area contributed by atoms with Gasteiger partial charge in [0, 0.05) is 23.1 Å². The monoisotopic (exact) mass is 280 g/mol. The molecule has 106 valence electrons. The molecule has 1 unspecified atom stereocenters. The largest absolute Gasteiger partial charge is 0.357 e. The van der Waals surface area contributed by atoms with Crippen LogP contribution in [0.25, 0.3) is 10.9 Å². The molecule has 3 heteroatoms. The average Bonchev–Trinajstić information content (AvgIpc) is 2.86. The second-order valence-corrected chi connectivity index (χ2v) is 5.70. The number of halogens is 1. The molecule has 3 aromatic rings. The van der Waals surface area contributed by atoms with Gasteiger partial charge in [-0.15, -0.1) is 0 Å². The van der Waals surface area contributed by atoms with Gasteiger partial charge in [0.25, 0.3) is 0 Å². The number of H-pyrrole nitrogens is 1. The van der Waals surface area contributed by atoms with E-state index in [0.717, 1.165) is 23.9 Å². The molecule has 0 bridgehead atoms. The van der Waals surface area contributed by atoms with Crippen LogP contribution in [0.3, 0.4) is 0 Å². The summed E-state index contributed by atoms with van der Waals surface area (Å²) in [6.45, 7) is 3.04. The molecule has 4 rings (SSSR count). The molecule has 2 nitrogen and oxygen atoms in total. The highest BCUT2D eigenvalue weighted by Crippen LogP contribution is 2.34. The minimum absolute atomic E-state index is 0.158. The van der Waals surface area contributed by atoms with E-state index in [1.54, 1.807) is 6.07 Å². The summed E-state index contributed by atoms with van der Waals surface area (Å²) < 4.78 is 13.5. The molecule has 0 fully saturated rings. The van der Waals surface area contributed by atoms with Crippen LogP contribution in [0.2, 0.25) is 0 Å². The van der Waals surface area contributed by atoms with Gasteiger partial charge >= 0.3 is 0 Å². The van der Waals surface area contributed by atoms with Crippen molar-refractivity contribution >= 4 is 10.9 Å². The Balaban J connectivity index is 1.92. The van der Waals surface area contributed by atoms with Crippen molar-refractivity contribution in [2.24, 2.45) is 0 Å². The minimum Gasteiger partial charge on any atom is -0.357 e. The zero-order valence-electron chi connectivity index (χ0n) is 11.9. The molecule has 0 radical (unpaired) electrons. The summed E-state index contributed by atoms with van der Waals surface area (Å²) in [5.41, 5.74) is 5.99. The Morgan fingerprint density at radius 3 is 2.86 bits per heavy atom. The Morgan fingerprint density at radius 2 is 2.00 bits per heavy atom. The van der Waals surface area contributed by atoms with Crippen LogP contribution >= 0.6 is 0 Å². The van der Waals surface area contributed by atoms with Crippen LogP contribution in [0.15, 0.2) is 42.5 Å². The third-order valence-electron chi connectivity index (χ3n) is 4.41. The summed E-state index contributed by atoms with van der Waals surface area (Å²) >= 11 is 0. The normalized spacial score (nSPS) is 17.9. The van der Waals surface area contributed by atoms with E-state index in [4.69, 9.17) is 0 Å². The van der Waals surface area contributed by atoms with Gasteiger partial charge < -0.3 is 10.3 Å². The molecule has 1 atom stereocenters. The summed E-state index contributed by atoms with van der Waals surface area (Å²) in [7, 11) is 0. The van der Waals surface area contributed by atoms with Crippen molar-refractivity contribution in [2.45, 2.75) is 19.4 Å². The van der Waals surface area contributed by atoms with Crippen molar-refractivity contribution in [1.82, 2.24) is 10.3 Å². The van der Waals surface area contributed by atoms with E-state index in [2.05, 4.69) is 41.5 Å². The highest BCUT2D eigenvalue weighted by atomic mass is 19.1. The van der Waals surface area contributed by atoms with Gasteiger partial charge in [-0.3, -0.25) is 0 Å². The van der Waals surface area contributed by atoms with Crippen LogP contribution in [-0.4, -0.2) is 11.5 Å². The number of hydrogen-bond donors (Lipinski definition) is 2. The maximum Gasteiger partial charge on any atom is 0.123 e. The number of aromatic nitrogens is 1.